The summed E-state index contributed by atoms with van der Waals surface area (Å²) in [7, 11) is 0. The molecule has 0 aromatic heterocycles. The van der Waals surface area contributed by atoms with Gasteiger partial charge in [-0.2, -0.15) is 0 Å². The van der Waals surface area contributed by atoms with E-state index in [9.17, 15) is 15.0 Å². The van der Waals surface area contributed by atoms with Crippen LogP contribution in [0.4, 0.5) is 4.79 Å². The molecular weight excluding hydrogens is 216 g/mol. The second-order valence-corrected chi connectivity index (χ2v) is 3.74. The van der Waals surface area contributed by atoms with Crippen LogP contribution in [0.5, 0.6) is 0 Å². The average molecular weight is 230 g/mol. The van der Waals surface area contributed by atoms with Gasteiger partial charge in [0.2, 0.25) is 0 Å². The van der Waals surface area contributed by atoms with E-state index in [-0.39, 0.29) is 13.0 Å². The maximum absolute atomic E-state index is 11.5. The lowest BCUT2D eigenvalue weighted by atomic mass is 10.2. The van der Waals surface area contributed by atoms with Crippen LogP contribution in [0.25, 0.3) is 0 Å². The Hall–Kier alpha value is -1.15. The Morgan fingerprint density at radius 2 is 2.31 bits per heavy atom. The first kappa shape index (κ1) is 11.3. The topological polar surface area (TPSA) is 102 Å². The molecule has 0 aromatic carbocycles. The van der Waals surface area contributed by atoms with Gasteiger partial charge in [0.15, 0.2) is 6.23 Å². The normalized spacial score (nSPS) is 38.9. The minimum atomic E-state index is -1.08. The Morgan fingerprint density at radius 1 is 1.56 bits per heavy atom. The zero-order valence-electron chi connectivity index (χ0n) is 8.48. The maximum Gasteiger partial charge on any atom is 0.325 e. The molecular formula is C9H14N2O5. The van der Waals surface area contributed by atoms with Crippen molar-refractivity contribution < 1.29 is 24.9 Å². The van der Waals surface area contributed by atoms with Crippen molar-refractivity contribution in [2.24, 2.45) is 0 Å². The Kier molecular flexibility index (Phi) is 3.10. The summed E-state index contributed by atoms with van der Waals surface area (Å²) in [6.07, 6.45) is -0.446. The molecule has 0 bridgehead atoms. The first-order valence-electron chi connectivity index (χ1n) is 5.01. The van der Waals surface area contributed by atoms with Gasteiger partial charge < -0.3 is 25.4 Å². The van der Waals surface area contributed by atoms with Gasteiger partial charge in [0.1, 0.15) is 12.3 Å². The van der Waals surface area contributed by atoms with Gasteiger partial charge in [0.25, 0.3) is 0 Å². The number of ether oxygens (including phenoxy) is 1. The molecule has 16 heavy (non-hydrogen) atoms. The summed E-state index contributed by atoms with van der Waals surface area (Å²) in [5, 5.41) is 30.4. The van der Waals surface area contributed by atoms with Gasteiger partial charge in [-0.25, -0.2) is 4.79 Å². The van der Waals surface area contributed by atoms with Gasteiger partial charge in [-0.05, 0) is 6.08 Å². The van der Waals surface area contributed by atoms with Crippen LogP contribution < -0.4 is 5.32 Å². The monoisotopic (exact) mass is 230 g/mol. The summed E-state index contributed by atoms with van der Waals surface area (Å²) in [6, 6.07) is -0.495. The van der Waals surface area contributed by atoms with E-state index >= 15 is 0 Å². The molecule has 2 rings (SSSR count). The van der Waals surface area contributed by atoms with Crippen molar-refractivity contribution in [2.75, 3.05) is 6.61 Å². The third kappa shape index (κ3) is 1.90. The molecule has 2 aliphatic rings. The van der Waals surface area contributed by atoms with E-state index in [2.05, 4.69) is 5.32 Å². The highest BCUT2D eigenvalue weighted by Gasteiger charge is 2.41. The van der Waals surface area contributed by atoms with E-state index in [0.717, 1.165) is 4.90 Å². The van der Waals surface area contributed by atoms with Crippen LogP contribution in [0, 0.1) is 0 Å². The lowest BCUT2D eigenvalue weighted by Gasteiger charge is -2.33. The van der Waals surface area contributed by atoms with Gasteiger partial charge in [0.05, 0.1) is 12.7 Å². The Morgan fingerprint density at radius 3 is 2.88 bits per heavy atom. The summed E-state index contributed by atoms with van der Waals surface area (Å²) < 4.78 is 5.27. The zero-order chi connectivity index (χ0) is 11.7. The van der Waals surface area contributed by atoms with Crippen molar-refractivity contribution in [3.8, 4) is 0 Å². The molecule has 1 saturated heterocycles. The number of nitrogens with zero attached hydrogens (tertiary/aromatic N) is 1. The number of carbonyl (C=O) groups is 1. The summed E-state index contributed by atoms with van der Waals surface area (Å²) in [6.45, 7) is -0.320. The van der Waals surface area contributed by atoms with Gasteiger partial charge in [-0.1, -0.05) is 0 Å². The van der Waals surface area contributed by atoms with E-state index in [1.54, 1.807) is 0 Å². The van der Waals surface area contributed by atoms with Crippen molar-refractivity contribution in [3.05, 3.63) is 12.3 Å². The molecule has 0 aromatic rings. The maximum atomic E-state index is 11.5. The van der Waals surface area contributed by atoms with E-state index in [4.69, 9.17) is 9.84 Å². The van der Waals surface area contributed by atoms with Gasteiger partial charge in [-0.3, -0.25) is 4.90 Å². The van der Waals surface area contributed by atoms with Crippen LogP contribution in [0.1, 0.15) is 6.42 Å². The molecule has 0 radical (unpaired) electrons. The molecule has 0 aliphatic carbocycles. The SMILES string of the molecule is O=C1NC=CC(O)N1[C@H]1C[C@@H](O)[C@@H](CO)O1. The molecule has 90 valence electrons. The Bertz CT molecular complexity index is 308. The Labute approximate surface area is 91.9 Å². The minimum absolute atomic E-state index is 0.170. The lowest BCUT2D eigenvalue weighted by Crippen LogP contribution is -2.52. The van der Waals surface area contributed by atoms with Gasteiger partial charge in [0, 0.05) is 12.6 Å². The lowest BCUT2D eigenvalue weighted by molar-refractivity contribution is -0.0991. The quantitative estimate of drug-likeness (QED) is 0.453. The summed E-state index contributed by atoms with van der Waals surface area (Å²) in [4.78, 5) is 12.6. The van der Waals surface area contributed by atoms with Crippen LogP contribution in [0.3, 0.4) is 0 Å². The number of aliphatic hydroxyl groups excluding tert-OH is 3. The fraction of sp³-hybridized carbons (Fsp3) is 0.667. The van der Waals surface area contributed by atoms with Gasteiger partial charge in [-0.15, -0.1) is 0 Å². The third-order valence-electron chi connectivity index (χ3n) is 2.69. The third-order valence-corrected chi connectivity index (χ3v) is 2.69. The Balaban J connectivity index is 2.08. The van der Waals surface area contributed by atoms with Crippen LogP contribution in [0.15, 0.2) is 12.3 Å². The van der Waals surface area contributed by atoms with Crippen LogP contribution in [-0.2, 0) is 4.74 Å². The smallest absolute Gasteiger partial charge is 0.325 e. The van der Waals surface area contributed by atoms with E-state index in [0.29, 0.717) is 0 Å². The van der Waals surface area contributed by atoms with E-state index in [1.807, 2.05) is 0 Å². The zero-order valence-corrected chi connectivity index (χ0v) is 8.48. The average Bonchev–Trinajstić information content (AvgIpc) is 2.59. The van der Waals surface area contributed by atoms with Crippen LogP contribution >= 0.6 is 0 Å². The van der Waals surface area contributed by atoms with Crippen molar-refractivity contribution in [3.63, 3.8) is 0 Å². The number of aliphatic hydroxyl groups is 3. The predicted octanol–water partition coefficient (Wildman–Crippen LogP) is -1.69. The first-order chi connectivity index (χ1) is 7.63. The number of hydrogen-bond acceptors (Lipinski definition) is 5. The number of rotatable bonds is 2. The van der Waals surface area contributed by atoms with Crippen molar-refractivity contribution in [2.45, 2.75) is 31.1 Å². The number of carbonyl (C=O) groups excluding carboxylic acids is 1. The first-order valence-corrected chi connectivity index (χ1v) is 5.01. The standard InChI is InChI=1S/C9H14N2O5/c12-4-6-5(13)3-8(16-6)11-7(14)1-2-10-9(11)15/h1-2,5-8,12-14H,3-4H2,(H,10,15)/t5-,6-,7?,8-/m1/s1. The molecule has 2 aliphatic heterocycles. The minimum Gasteiger partial charge on any atom is -0.394 e. The highest BCUT2D eigenvalue weighted by molar-refractivity contribution is 5.77. The molecule has 1 unspecified atom stereocenters. The largest absolute Gasteiger partial charge is 0.394 e. The summed E-state index contributed by atoms with van der Waals surface area (Å²) >= 11 is 0. The second kappa shape index (κ2) is 4.38. The molecule has 2 amide bonds. The summed E-state index contributed by atoms with van der Waals surface area (Å²) in [5.41, 5.74) is 0. The fourth-order valence-corrected chi connectivity index (χ4v) is 1.84. The van der Waals surface area contributed by atoms with Crippen molar-refractivity contribution in [1.29, 1.82) is 0 Å². The number of amides is 2. The van der Waals surface area contributed by atoms with Crippen molar-refractivity contribution >= 4 is 6.03 Å². The molecule has 7 nitrogen and oxygen atoms in total. The van der Waals surface area contributed by atoms with Crippen LogP contribution in [-0.4, -0.2) is 57.5 Å². The van der Waals surface area contributed by atoms with E-state index < -0.39 is 30.7 Å². The number of urea groups is 1. The molecule has 2 heterocycles. The fourth-order valence-electron chi connectivity index (χ4n) is 1.84. The highest BCUT2D eigenvalue weighted by Crippen LogP contribution is 2.25. The molecule has 7 heteroatoms. The molecule has 0 spiro atoms. The van der Waals surface area contributed by atoms with Crippen molar-refractivity contribution in [1.82, 2.24) is 10.2 Å². The highest BCUT2D eigenvalue weighted by atomic mass is 16.5. The van der Waals surface area contributed by atoms with Crippen LogP contribution in [0.2, 0.25) is 0 Å². The molecule has 1 fully saturated rings. The van der Waals surface area contributed by atoms with E-state index in [1.165, 1.54) is 12.3 Å². The molecule has 4 atom stereocenters. The molecule has 4 N–H and O–H groups in total. The number of nitrogens with one attached hydrogen (secondary N) is 1. The molecule has 0 saturated carbocycles. The predicted molar refractivity (Wildman–Crippen MR) is 51.9 cm³/mol. The second-order valence-electron chi connectivity index (χ2n) is 3.74. The van der Waals surface area contributed by atoms with Gasteiger partial charge >= 0.3 is 6.03 Å². The number of hydrogen-bond donors (Lipinski definition) is 4. The summed E-state index contributed by atoms with van der Waals surface area (Å²) in [5.74, 6) is 0.